The highest BCUT2D eigenvalue weighted by Gasteiger charge is 2.27. The number of anilines is 1. The van der Waals surface area contributed by atoms with Gasteiger partial charge in [-0.15, -0.1) is 0 Å². The van der Waals surface area contributed by atoms with Crippen LogP contribution in [0.5, 0.6) is 0 Å². The van der Waals surface area contributed by atoms with Crippen molar-refractivity contribution in [1.29, 1.82) is 0 Å². The molecular weight excluding hydrogens is 218 g/mol. The first kappa shape index (κ1) is 10.5. The molecule has 0 spiro atoms. The summed E-state index contributed by atoms with van der Waals surface area (Å²) in [6.45, 7) is 1.76. The molecule has 1 fully saturated rings. The van der Waals surface area contributed by atoms with Crippen LogP contribution >= 0.6 is 0 Å². The van der Waals surface area contributed by atoms with Crippen molar-refractivity contribution in [2.45, 2.75) is 12.1 Å². The molecule has 2 N–H and O–H groups in total. The molecule has 0 aromatic carbocycles. The molecule has 0 radical (unpaired) electrons. The lowest BCUT2D eigenvalue weighted by molar-refractivity contribution is 0.111. The van der Waals surface area contributed by atoms with Gasteiger partial charge in [0.1, 0.15) is 5.52 Å². The first-order chi connectivity index (χ1) is 8.38. The molecule has 0 aliphatic carbocycles. The van der Waals surface area contributed by atoms with Gasteiger partial charge in [0.05, 0.1) is 18.3 Å². The van der Waals surface area contributed by atoms with Crippen LogP contribution in [0.1, 0.15) is 0 Å². The number of nitrogens with zero attached hydrogens (tertiary/aromatic N) is 3. The minimum Gasteiger partial charge on any atom is -0.378 e. The summed E-state index contributed by atoms with van der Waals surface area (Å²) in [4.78, 5) is 4.36. The van der Waals surface area contributed by atoms with Gasteiger partial charge in [0, 0.05) is 32.6 Å². The summed E-state index contributed by atoms with van der Waals surface area (Å²) in [5, 5.41) is 10.9. The van der Waals surface area contributed by atoms with Gasteiger partial charge in [-0.3, -0.25) is 0 Å². The average molecular weight is 233 g/mol. The minimum absolute atomic E-state index is 0.181. The summed E-state index contributed by atoms with van der Waals surface area (Å²) in [6, 6.07) is 2.19. The molecule has 90 valence electrons. The Morgan fingerprint density at radius 2 is 2.41 bits per heavy atom. The maximum atomic E-state index is 5.41. The smallest absolute Gasteiger partial charge is 0.152 e. The van der Waals surface area contributed by atoms with Gasteiger partial charge in [0.15, 0.2) is 5.82 Å². The summed E-state index contributed by atoms with van der Waals surface area (Å²) in [5.41, 5.74) is 0.981. The summed E-state index contributed by atoms with van der Waals surface area (Å²) in [5.74, 6) is 0.848. The Hall–Kier alpha value is -1.66. The number of hydrogen-bond donors (Lipinski definition) is 2. The largest absolute Gasteiger partial charge is 0.378 e. The molecule has 0 bridgehead atoms. The number of hydrogen-bond acceptors (Lipinski definition) is 5. The number of rotatable bonds is 3. The van der Waals surface area contributed by atoms with E-state index in [-0.39, 0.29) is 12.1 Å². The van der Waals surface area contributed by atoms with Crippen LogP contribution in [0.3, 0.4) is 0 Å². The SMILES string of the molecule is CO[C@H]1CNCC1Nc1nccn2nccc12. The highest BCUT2D eigenvalue weighted by atomic mass is 16.5. The Kier molecular flexibility index (Phi) is 2.66. The van der Waals surface area contributed by atoms with E-state index in [0.29, 0.717) is 0 Å². The van der Waals surface area contributed by atoms with Crippen LogP contribution in [0, 0.1) is 0 Å². The summed E-state index contributed by atoms with van der Waals surface area (Å²) >= 11 is 0. The molecule has 6 heteroatoms. The van der Waals surface area contributed by atoms with Crippen molar-refractivity contribution in [1.82, 2.24) is 19.9 Å². The van der Waals surface area contributed by atoms with E-state index in [4.69, 9.17) is 4.74 Å². The Balaban J connectivity index is 1.87. The standard InChI is InChI=1S/C11H15N5O/c1-17-10-7-12-6-8(10)15-11-9-2-3-14-16(9)5-4-13-11/h2-5,8,10,12H,6-7H2,1H3,(H,13,15)/t8?,10-/m0/s1. The molecule has 1 saturated heterocycles. The van der Waals surface area contributed by atoms with E-state index in [1.165, 1.54) is 0 Å². The molecule has 0 saturated carbocycles. The fourth-order valence-corrected chi connectivity index (χ4v) is 2.19. The van der Waals surface area contributed by atoms with Gasteiger partial charge in [-0.25, -0.2) is 9.50 Å². The van der Waals surface area contributed by atoms with Gasteiger partial charge < -0.3 is 15.4 Å². The Bertz CT molecular complexity index is 511. The monoisotopic (exact) mass is 233 g/mol. The van der Waals surface area contributed by atoms with Gasteiger partial charge in [-0.2, -0.15) is 5.10 Å². The molecule has 1 unspecified atom stereocenters. The fourth-order valence-electron chi connectivity index (χ4n) is 2.19. The summed E-state index contributed by atoms with van der Waals surface area (Å²) in [6.07, 6.45) is 5.52. The van der Waals surface area contributed by atoms with E-state index in [1.807, 2.05) is 12.3 Å². The lowest BCUT2D eigenvalue weighted by Gasteiger charge is -2.19. The van der Waals surface area contributed by atoms with Crippen molar-refractivity contribution in [2.24, 2.45) is 0 Å². The molecule has 2 aromatic heterocycles. The summed E-state index contributed by atoms with van der Waals surface area (Å²) in [7, 11) is 1.74. The normalized spacial score (nSPS) is 24.3. The third kappa shape index (κ3) is 1.85. The average Bonchev–Trinajstić information content (AvgIpc) is 2.97. The van der Waals surface area contributed by atoms with Crippen LogP contribution in [0.4, 0.5) is 5.82 Å². The van der Waals surface area contributed by atoms with E-state index in [2.05, 4.69) is 20.7 Å². The van der Waals surface area contributed by atoms with Gasteiger partial charge in [0.2, 0.25) is 0 Å². The Labute approximate surface area is 99.0 Å². The van der Waals surface area contributed by atoms with Crippen LogP contribution < -0.4 is 10.6 Å². The van der Waals surface area contributed by atoms with Crippen molar-refractivity contribution in [3.05, 3.63) is 24.7 Å². The predicted octanol–water partition coefficient (Wildman–Crippen LogP) is 0.128. The second-order valence-electron chi connectivity index (χ2n) is 4.12. The van der Waals surface area contributed by atoms with Crippen LogP contribution in [0.15, 0.2) is 24.7 Å². The number of fused-ring (bicyclic) bond motifs is 1. The molecule has 3 rings (SSSR count). The lowest BCUT2D eigenvalue weighted by Crippen LogP contribution is -2.34. The highest BCUT2D eigenvalue weighted by molar-refractivity contribution is 5.67. The van der Waals surface area contributed by atoms with E-state index in [0.717, 1.165) is 24.4 Å². The fraction of sp³-hybridized carbons (Fsp3) is 0.455. The Morgan fingerprint density at radius 3 is 3.29 bits per heavy atom. The third-order valence-corrected chi connectivity index (χ3v) is 3.11. The van der Waals surface area contributed by atoms with Crippen molar-refractivity contribution in [3.63, 3.8) is 0 Å². The van der Waals surface area contributed by atoms with Gasteiger partial charge in [0.25, 0.3) is 0 Å². The van der Waals surface area contributed by atoms with Gasteiger partial charge in [-0.05, 0) is 6.07 Å². The molecule has 2 atom stereocenters. The third-order valence-electron chi connectivity index (χ3n) is 3.11. The van der Waals surface area contributed by atoms with Crippen molar-refractivity contribution < 1.29 is 4.74 Å². The van der Waals surface area contributed by atoms with Gasteiger partial charge in [-0.1, -0.05) is 0 Å². The Morgan fingerprint density at radius 1 is 1.47 bits per heavy atom. The van der Waals surface area contributed by atoms with Crippen LogP contribution in [0.2, 0.25) is 0 Å². The zero-order valence-corrected chi connectivity index (χ0v) is 9.63. The second kappa shape index (κ2) is 4.31. The maximum Gasteiger partial charge on any atom is 0.152 e. The molecule has 6 nitrogen and oxygen atoms in total. The lowest BCUT2D eigenvalue weighted by atomic mass is 10.2. The highest BCUT2D eigenvalue weighted by Crippen LogP contribution is 2.16. The van der Waals surface area contributed by atoms with Crippen molar-refractivity contribution >= 4 is 11.3 Å². The molecular formula is C11H15N5O. The maximum absolute atomic E-state index is 5.41. The molecule has 3 heterocycles. The summed E-state index contributed by atoms with van der Waals surface area (Å²) < 4.78 is 7.22. The molecule has 0 amide bonds. The minimum atomic E-state index is 0.181. The molecule has 2 aromatic rings. The first-order valence-electron chi connectivity index (χ1n) is 5.67. The molecule has 1 aliphatic heterocycles. The molecule has 17 heavy (non-hydrogen) atoms. The van der Waals surface area contributed by atoms with Crippen molar-refractivity contribution in [3.8, 4) is 0 Å². The second-order valence-corrected chi connectivity index (χ2v) is 4.12. The first-order valence-corrected chi connectivity index (χ1v) is 5.67. The number of aromatic nitrogens is 3. The van der Waals surface area contributed by atoms with Gasteiger partial charge >= 0.3 is 0 Å². The molecule has 1 aliphatic rings. The van der Waals surface area contributed by atoms with Crippen LogP contribution in [-0.2, 0) is 4.74 Å². The van der Waals surface area contributed by atoms with Crippen LogP contribution in [-0.4, -0.2) is 46.9 Å². The van der Waals surface area contributed by atoms with E-state index in [1.54, 1.807) is 24.0 Å². The van der Waals surface area contributed by atoms with Crippen molar-refractivity contribution in [2.75, 3.05) is 25.5 Å². The quantitative estimate of drug-likeness (QED) is 0.789. The van der Waals surface area contributed by atoms with Crippen LogP contribution in [0.25, 0.3) is 5.52 Å². The van der Waals surface area contributed by atoms with E-state index >= 15 is 0 Å². The number of methoxy groups -OCH3 is 1. The zero-order chi connectivity index (χ0) is 11.7. The topological polar surface area (TPSA) is 63.5 Å². The number of ether oxygens (including phenoxy) is 1. The van der Waals surface area contributed by atoms with E-state index < -0.39 is 0 Å². The predicted molar refractivity (Wildman–Crippen MR) is 64.1 cm³/mol. The zero-order valence-electron chi connectivity index (χ0n) is 9.63. The van der Waals surface area contributed by atoms with E-state index in [9.17, 15) is 0 Å². The number of nitrogens with one attached hydrogen (secondary N) is 2.